The smallest absolute Gasteiger partial charge is 0.462 e. The van der Waals surface area contributed by atoms with Crippen LogP contribution in [0.4, 0.5) is 0 Å². The van der Waals surface area contributed by atoms with E-state index in [4.69, 9.17) is 23.8 Å². The number of rotatable bonds is 44. The normalized spacial score (nSPS) is 15.4. The number of esters is 2. The highest BCUT2D eigenvalue weighted by Gasteiger charge is 2.28. The molecule has 0 fully saturated rings. The van der Waals surface area contributed by atoms with Crippen LogP contribution in [0.2, 0.25) is 0 Å². The van der Waals surface area contributed by atoms with E-state index >= 15 is 0 Å². The highest BCUT2D eigenvalue weighted by Crippen LogP contribution is 2.43. The Hall–Kier alpha value is -1.96. The van der Waals surface area contributed by atoms with Crippen molar-refractivity contribution in [3.05, 3.63) is 48.6 Å². The lowest BCUT2D eigenvalue weighted by atomic mass is 9.99. The van der Waals surface area contributed by atoms with Crippen molar-refractivity contribution in [2.75, 3.05) is 26.4 Å². The first-order chi connectivity index (χ1) is 30.1. The number of phosphoric ester groups is 2. The Balaban J connectivity index is 4.54. The van der Waals surface area contributed by atoms with Crippen LogP contribution >= 0.6 is 15.6 Å². The summed E-state index contributed by atoms with van der Waals surface area (Å²) in [5.41, 5.74) is 0. The summed E-state index contributed by atoms with van der Waals surface area (Å²) in [6, 6.07) is 0. The molecule has 0 aliphatic heterocycles. The molecule has 5 N–H and O–H groups in total. The van der Waals surface area contributed by atoms with Gasteiger partial charge >= 0.3 is 27.6 Å². The van der Waals surface area contributed by atoms with Gasteiger partial charge in [-0.25, -0.2) is 9.13 Å². The fourth-order valence-corrected chi connectivity index (χ4v) is 7.43. The average Bonchev–Trinajstić information content (AvgIpc) is 3.23. The lowest BCUT2D eigenvalue weighted by molar-refractivity contribution is -0.161. The van der Waals surface area contributed by atoms with Crippen LogP contribution in [0.25, 0.3) is 0 Å². The van der Waals surface area contributed by atoms with Crippen molar-refractivity contribution in [2.45, 2.75) is 206 Å². The molecule has 368 valence electrons. The van der Waals surface area contributed by atoms with Gasteiger partial charge in [0.25, 0.3) is 0 Å². The number of hydrogen-bond acceptors (Lipinski definition) is 11. The number of carbonyl (C=O) groups excluding carboxylic acids is 2. The third kappa shape index (κ3) is 46.4. The Morgan fingerprint density at radius 2 is 0.968 bits per heavy atom. The molecule has 14 nitrogen and oxygen atoms in total. The molecule has 0 saturated carbocycles. The number of aliphatic hydroxyl groups is 2. The summed E-state index contributed by atoms with van der Waals surface area (Å²) in [4.78, 5) is 52.8. The van der Waals surface area contributed by atoms with Crippen LogP contribution in [0.1, 0.15) is 188 Å². The maximum Gasteiger partial charge on any atom is 0.472 e. The van der Waals surface area contributed by atoms with Crippen molar-refractivity contribution in [3.63, 3.8) is 0 Å². The molecular weight excluding hydrogens is 850 g/mol. The molecule has 16 heteroatoms. The minimum atomic E-state index is -4.87. The molecule has 2 unspecified atom stereocenters. The van der Waals surface area contributed by atoms with Gasteiger partial charge in [-0.15, -0.1) is 0 Å². The van der Waals surface area contributed by atoms with Gasteiger partial charge in [-0.3, -0.25) is 23.2 Å². The van der Waals surface area contributed by atoms with Gasteiger partial charge in [-0.05, 0) is 70.6 Å². The van der Waals surface area contributed by atoms with Gasteiger partial charge in [0.2, 0.25) is 0 Å². The Bertz CT molecular complexity index is 1330. The second-order valence-electron chi connectivity index (χ2n) is 16.6. The topological polar surface area (TPSA) is 216 Å². The summed E-state index contributed by atoms with van der Waals surface area (Å²) < 4.78 is 47.8. The zero-order valence-electron chi connectivity index (χ0n) is 38.9. The van der Waals surface area contributed by atoms with Gasteiger partial charge in [0.05, 0.1) is 25.9 Å². The number of aliphatic hydroxyl groups excluding tert-OH is 2. The number of allylic oxidation sites excluding steroid dienone is 8. The van der Waals surface area contributed by atoms with Crippen molar-refractivity contribution < 1.29 is 66.7 Å². The van der Waals surface area contributed by atoms with E-state index in [0.29, 0.717) is 19.3 Å². The summed E-state index contributed by atoms with van der Waals surface area (Å²) in [5.74, 6) is -0.255. The second kappa shape index (κ2) is 41.5. The van der Waals surface area contributed by atoms with Gasteiger partial charge in [0.1, 0.15) is 12.7 Å². The molecular formula is C47H86O14P2. The SMILES string of the molecule is CCC(C)CCCCCCCCCCCCCCCCC(=O)O[C@H](COC(=O)CCC/C=C\C/C=C\C/C=C\C/C=C\CCC[C@@H](C)O)COP(=O)(O)OC[C@@H](O)COP(=O)(O)O. The first-order valence-corrected chi connectivity index (χ1v) is 26.8. The summed E-state index contributed by atoms with van der Waals surface area (Å²) >= 11 is 0. The molecule has 0 heterocycles. The number of phosphoric acid groups is 2. The van der Waals surface area contributed by atoms with E-state index in [1.165, 1.54) is 77.0 Å². The predicted molar refractivity (Wildman–Crippen MR) is 250 cm³/mol. The summed E-state index contributed by atoms with van der Waals surface area (Å²) in [6.45, 7) is 3.62. The molecule has 0 saturated heterocycles. The summed E-state index contributed by atoms with van der Waals surface area (Å²) in [6.07, 6.45) is 39.5. The fraction of sp³-hybridized carbons (Fsp3) is 0.787. The zero-order valence-corrected chi connectivity index (χ0v) is 40.7. The molecule has 0 aromatic carbocycles. The van der Waals surface area contributed by atoms with Crippen molar-refractivity contribution in [1.82, 2.24) is 0 Å². The summed E-state index contributed by atoms with van der Waals surface area (Å²) in [5, 5.41) is 19.0. The second-order valence-corrected chi connectivity index (χ2v) is 19.3. The molecule has 0 radical (unpaired) electrons. The quantitative estimate of drug-likeness (QED) is 0.0166. The van der Waals surface area contributed by atoms with Crippen molar-refractivity contribution in [3.8, 4) is 0 Å². The van der Waals surface area contributed by atoms with Gasteiger partial charge in [0, 0.05) is 12.8 Å². The lowest BCUT2D eigenvalue weighted by Gasteiger charge is -2.20. The number of hydrogen-bond donors (Lipinski definition) is 5. The molecule has 63 heavy (non-hydrogen) atoms. The molecule has 0 bridgehead atoms. The van der Waals surface area contributed by atoms with Crippen LogP contribution < -0.4 is 0 Å². The van der Waals surface area contributed by atoms with E-state index < -0.39 is 66.2 Å². The van der Waals surface area contributed by atoms with Gasteiger partial charge < -0.3 is 34.4 Å². The molecule has 0 amide bonds. The number of ether oxygens (including phenoxy) is 2. The first kappa shape index (κ1) is 61.0. The predicted octanol–water partition coefficient (Wildman–Crippen LogP) is 11.4. The largest absolute Gasteiger partial charge is 0.472 e. The molecule has 0 rings (SSSR count). The third-order valence-electron chi connectivity index (χ3n) is 10.3. The van der Waals surface area contributed by atoms with E-state index in [9.17, 15) is 33.8 Å². The van der Waals surface area contributed by atoms with E-state index in [2.05, 4.69) is 59.4 Å². The van der Waals surface area contributed by atoms with E-state index in [1.807, 2.05) is 12.2 Å². The number of unbranched alkanes of at least 4 members (excludes halogenated alkanes) is 15. The van der Waals surface area contributed by atoms with Crippen LogP contribution in [0.5, 0.6) is 0 Å². The first-order valence-electron chi connectivity index (χ1n) is 23.8. The minimum absolute atomic E-state index is 0.108. The number of carbonyl (C=O) groups is 2. The maximum absolute atomic E-state index is 12.7. The van der Waals surface area contributed by atoms with E-state index in [0.717, 1.165) is 63.7 Å². The zero-order chi connectivity index (χ0) is 46.9. The third-order valence-corrected chi connectivity index (χ3v) is 11.7. The molecule has 0 aliphatic rings. The van der Waals surface area contributed by atoms with Crippen molar-refractivity contribution in [2.24, 2.45) is 5.92 Å². The molecule has 0 aliphatic carbocycles. The van der Waals surface area contributed by atoms with Crippen LogP contribution in [-0.2, 0) is 41.8 Å². The van der Waals surface area contributed by atoms with Gasteiger partial charge in [0.15, 0.2) is 6.10 Å². The highest BCUT2D eigenvalue weighted by molar-refractivity contribution is 7.47. The molecule has 0 aromatic heterocycles. The van der Waals surface area contributed by atoms with Crippen LogP contribution in [0, 0.1) is 5.92 Å². The lowest BCUT2D eigenvalue weighted by Crippen LogP contribution is -2.30. The molecule has 0 aromatic rings. The maximum atomic E-state index is 12.7. The van der Waals surface area contributed by atoms with Gasteiger partial charge in [-0.1, -0.05) is 159 Å². The molecule has 5 atom stereocenters. The van der Waals surface area contributed by atoms with Crippen molar-refractivity contribution in [1.29, 1.82) is 0 Å². The van der Waals surface area contributed by atoms with Crippen LogP contribution in [0.3, 0.4) is 0 Å². The fourth-order valence-electron chi connectivity index (χ4n) is 6.28. The molecule has 0 spiro atoms. The Morgan fingerprint density at radius 1 is 0.524 bits per heavy atom. The van der Waals surface area contributed by atoms with Gasteiger partial charge in [-0.2, -0.15) is 0 Å². The van der Waals surface area contributed by atoms with Crippen molar-refractivity contribution >= 4 is 27.6 Å². The van der Waals surface area contributed by atoms with Crippen LogP contribution in [0.15, 0.2) is 48.6 Å². The Morgan fingerprint density at radius 3 is 1.48 bits per heavy atom. The monoisotopic (exact) mass is 937 g/mol. The van der Waals surface area contributed by atoms with E-state index in [-0.39, 0.29) is 18.9 Å². The highest BCUT2D eigenvalue weighted by atomic mass is 31.2. The standard InChI is InChI=1S/C47H86O14P2/c1-4-42(2)34-30-26-22-18-14-10-8-9-13-17-21-25-29-33-37-47(51)61-45(41-60-63(55,56)59-39-44(49)38-58-62(52,53)54)40-57-46(50)36-32-28-24-20-16-12-7-5-6-11-15-19-23-27-31-35-43(3)48/h6-7,11-12,19-20,23-24,42-45,48-49H,4-5,8-10,13-18,21-22,25-41H2,1-3H3,(H,55,56)(H2,52,53,54)/b11-6-,12-7-,23-19-,24-20-/t42?,43-,44+,45-/m1/s1. The summed E-state index contributed by atoms with van der Waals surface area (Å²) in [7, 11) is -9.70. The van der Waals surface area contributed by atoms with E-state index in [1.54, 1.807) is 6.92 Å². The minimum Gasteiger partial charge on any atom is -0.462 e. The van der Waals surface area contributed by atoms with Crippen LogP contribution in [-0.4, -0.2) is 81.6 Å². The Labute approximate surface area is 380 Å². The average molecular weight is 937 g/mol. The Kier molecular flexibility index (Phi) is 40.2.